The van der Waals surface area contributed by atoms with Gasteiger partial charge in [-0.15, -0.1) is 0 Å². The highest BCUT2D eigenvalue weighted by Gasteiger charge is 2.21. The molecule has 0 aliphatic carbocycles. The molecule has 0 radical (unpaired) electrons. The topological polar surface area (TPSA) is 92.5 Å². The van der Waals surface area contributed by atoms with Crippen LogP contribution in [0.25, 0.3) is 22.3 Å². The van der Waals surface area contributed by atoms with E-state index in [1.807, 2.05) is 30.3 Å². The molecule has 0 fully saturated rings. The number of anilines is 2. The number of rotatable bonds is 5. The average molecular weight is 382 g/mol. The van der Waals surface area contributed by atoms with Gasteiger partial charge in [0.1, 0.15) is 5.82 Å². The van der Waals surface area contributed by atoms with Gasteiger partial charge in [0.05, 0.1) is 5.52 Å². The maximum Gasteiger partial charge on any atom is 0.202 e. The Morgan fingerprint density at radius 1 is 1.19 bits per heavy atom. The molecule has 4 aromatic rings. The molecule has 0 unspecified atom stereocenters. The van der Waals surface area contributed by atoms with Crippen LogP contribution in [0.3, 0.4) is 0 Å². The summed E-state index contributed by atoms with van der Waals surface area (Å²) in [6.07, 6.45) is 0. The number of hydrogen-bond acceptors (Lipinski definition) is 6. The summed E-state index contributed by atoms with van der Waals surface area (Å²) in [5.74, 6) is 0.873. The average Bonchev–Trinajstić information content (AvgIpc) is 3.27. The van der Waals surface area contributed by atoms with Crippen LogP contribution >= 0.6 is 11.5 Å². The van der Waals surface area contributed by atoms with Gasteiger partial charge in [0.2, 0.25) is 5.13 Å². The molecule has 0 saturated carbocycles. The van der Waals surface area contributed by atoms with Crippen LogP contribution in [0.15, 0.2) is 42.5 Å². The zero-order valence-electron chi connectivity index (χ0n) is 15.0. The number of benzene rings is 2. The highest BCUT2D eigenvalue weighted by atomic mass is 32.1. The van der Waals surface area contributed by atoms with Crippen LogP contribution in [-0.2, 0) is 5.41 Å². The predicted molar refractivity (Wildman–Crippen MR) is 107 cm³/mol. The summed E-state index contributed by atoms with van der Waals surface area (Å²) >= 11 is 1.31. The van der Waals surface area contributed by atoms with E-state index in [2.05, 4.69) is 38.7 Å². The number of hydrogen-bond donors (Lipinski definition) is 3. The van der Waals surface area contributed by atoms with Crippen LogP contribution in [0.2, 0.25) is 0 Å². The quantitative estimate of drug-likeness (QED) is 0.481. The van der Waals surface area contributed by atoms with Crippen LogP contribution < -0.4 is 11.1 Å². The van der Waals surface area contributed by atoms with Gasteiger partial charge in [-0.3, -0.25) is 5.10 Å². The van der Waals surface area contributed by atoms with Gasteiger partial charge in [-0.1, -0.05) is 26.0 Å². The summed E-state index contributed by atoms with van der Waals surface area (Å²) in [6, 6.07) is 12.4. The number of aromatic nitrogens is 4. The molecule has 0 aliphatic heterocycles. The van der Waals surface area contributed by atoms with Gasteiger partial charge < -0.3 is 11.1 Å². The smallest absolute Gasteiger partial charge is 0.202 e. The Bertz CT molecular complexity index is 1080. The minimum atomic E-state index is -0.230. The van der Waals surface area contributed by atoms with Crippen LogP contribution in [0.5, 0.6) is 0 Å². The molecule has 2 aromatic heterocycles. The second kappa shape index (κ2) is 6.62. The van der Waals surface area contributed by atoms with Gasteiger partial charge >= 0.3 is 0 Å². The largest absolute Gasteiger partial charge is 0.382 e. The Morgan fingerprint density at radius 2 is 1.96 bits per heavy atom. The van der Waals surface area contributed by atoms with Crippen LogP contribution in [0.1, 0.15) is 19.4 Å². The van der Waals surface area contributed by atoms with Crippen molar-refractivity contribution in [2.45, 2.75) is 19.3 Å². The Kier molecular flexibility index (Phi) is 4.27. The summed E-state index contributed by atoms with van der Waals surface area (Å²) in [4.78, 5) is 4.58. The third kappa shape index (κ3) is 3.48. The molecular formula is C19H19FN6S. The standard InChI is InChI=1S/C19H19FN6S/c1-19(2,12-4-6-13(20)7-5-12)10-22-18-23-17(26-27-18)11-3-8-15-14(9-11)16(21)25-24-15/h3-9H,10H2,1-2H3,(H3,21,24,25)(H,22,23,26). The molecular weight excluding hydrogens is 363 g/mol. The number of fused-ring (bicyclic) bond motifs is 1. The Morgan fingerprint density at radius 3 is 2.74 bits per heavy atom. The van der Waals surface area contributed by atoms with Crippen LogP contribution in [0, 0.1) is 5.82 Å². The highest BCUT2D eigenvalue weighted by Crippen LogP contribution is 2.28. The first-order valence-corrected chi connectivity index (χ1v) is 9.27. The minimum absolute atomic E-state index is 0.177. The van der Waals surface area contributed by atoms with Crippen molar-refractivity contribution in [3.8, 4) is 11.4 Å². The zero-order chi connectivity index (χ0) is 19.0. The molecule has 0 bridgehead atoms. The molecule has 8 heteroatoms. The van der Waals surface area contributed by atoms with Crippen molar-refractivity contribution in [2.24, 2.45) is 0 Å². The summed E-state index contributed by atoms with van der Waals surface area (Å²) in [7, 11) is 0. The lowest BCUT2D eigenvalue weighted by atomic mass is 9.85. The van der Waals surface area contributed by atoms with Gasteiger partial charge in [0.15, 0.2) is 11.6 Å². The fraction of sp³-hybridized carbons (Fsp3) is 0.211. The van der Waals surface area contributed by atoms with E-state index in [1.54, 1.807) is 0 Å². The molecule has 138 valence electrons. The third-order valence-electron chi connectivity index (χ3n) is 4.58. The van der Waals surface area contributed by atoms with Gasteiger partial charge in [0, 0.05) is 34.4 Å². The van der Waals surface area contributed by atoms with E-state index in [1.165, 1.54) is 23.7 Å². The molecule has 0 aliphatic rings. The van der Waals surface area contributed by atoms with E-state index < -0.39 is 0 Å². The minimum Gasteiger partial charge on any atom is -0.382 e. The first kappa shape index (κ1) is 17.4. The van der Waals surface area contributed by atoms with Gasteiger partial charge in [0.25, 0.3) is 0 Å². The van der Waals surface area contributed by atoms with E-state index in [0.717, 1.165) is 27.2 Å². The molecule has 0 atom stereocenters. The highest BCUT2D eigenvalue weighted by molar-refractivity contribution is 7.09. The fourth-order valence-electron chi connectivity index (χ4n) is 2.89. The fourth-order valence-corrected chi connectivity index (χ4v) is 3.47. The van der Waals surface area contributed by atoms with E-state index in [9.17, 15) is 4.39 Å². The van der Waals surface area contributed by atoms with E-state index in [-0.39, 0.29) is 11.2 Å². The van der Waals surface area contributed by atoms with E-state index in [4.69, 9.17) is 5.73 Å². The number of aromatic amines is 1. The second-order valence-electron chi connectivity index (χ2n) is 7.04. The maximum absolute atomic E-state index is 13.1. The lowest BCUT2D eigenvalue weighted by molar-refractivity contribution is 0.553. The van der Waals surface area contributed by atoms with Crippen molar-refractivity contribution in [3.63, 3.8) is 0 Å². The number of nitrogens with two attached hydrogens (primary N) is 1. The molecule has 0 amide bonds. The summed E-state index contributed by atoms with van der Waals surface area (Å²) < 4.78 is 17.6. The van der Waals surface area contributed by atoms with Crippen LogP contribution in [0.4, 0.5) is 15.3 Å². The third-order valence-corrected chi connectivity index (χ3v) is 5.26. The van der Waals surface area contributed by atoms with Crippen molar-refractivity contribution in [2.75, 3.05) is 17.6 Å². The zero-order valence-corrected chi connectivity index (χ0v) is 15.8. The summed E-state index contributed by atoms with van der Waals surface area (Å²) in [5, 5.41) is 11.8. The Labute approximate surface area is 159 Å². The molecule has 2 aromatic carbocycles. The molecule has 27 heavy (non-hydrogen) atoms. The first-order valence-electron chi connectivity index (χ1n) is 8.50. The van der Waals surface area contributed by atoms with Crippen molar-refractivity contribution in [1.82, 2.24) is 19.6 Å². The Balaban J connectivity index is 1.50. The molecule has 2 heterocycles. The normalized spacial score (nSPS) is 11.8. The molecule has 4 N–H and O–H groups in total. The van der Waals surface area contributed by atoms with E-state index >= 15 is 0 Å². The van der Waals surface area contributed by atoms with Crippen molar-refractivity contribution < 1.29 is 4.39 Å². The Hall–Kier alpha value is -3.00. The number of nitrogen functional groups attached to an aromatic ring is 1. The molecule has 0 saturated heterocycles. The predicted octanol–water partition coefficient (Wildman–Crippen LogP) is 4.19. The van der Waals surface area contributed by atoms with Crippen molar-refractivity contribution >= 4 is 33.4 Å². The monoisotopic (exact) mass is 382 g/mol. The number of nitrogens with one attached hydrogen (secondary N) is 2. The van der Waals surface area contributed by atoms with Crippen LogP contribution in [-0.4, -0.2) is 26.1 Å². The number of H-pyrrole nitrogens is 1. The van der Waals surface area contributed by atoms with E-state index in [0.29, 0.717) is 18.2 Å². The lowest BCUT2D eigenvalue weighted by Gasteiger charge is -2.25. The SMILES string of the molecule is CC(C)(CNc1nc(-c2ccc3[nH]nc(N)c3c2)ns1)c1ccc(F)cc1. The molecule has 0 spiro atoms. The lowest BCUT2D eigenvalue weighted by Crippen LogP contribution is -2.27. The summed E-state index contributed by atoms with van der Waals surface area (Å²) in [6.45, 7) is 4.86. The maximum atomic E-state index is 13.1. The number of nitrogens with zero attached hydrogens (tertiary/aromatic N) is 3. The van der Waals surface area contributed by atoms with Crippen molar-refractivity contribution in [3.05, 3.63) is 53.8 Å². The molecule has 4 rings (SSSR count). The van der Waals surface area contributed by atoms with Gasteiger partial charge in [-0.05, 0) is 35.9 Å². The molecule has 6 nitrogen and oxygen atoms in total. The van der Waals surface area contributed by atoms with Gasteiger partial charge in [-0.2, -0.15) is 14.5 Å². The summed E-state index contributed by atoms with van der Waals surface area (Å²) in [5.41, 5.74) is 8.52. The van der Waals surface area contributed by atoms with Crippen molar-refractivity contribution in [1.29, 1.82) is 0 Å². The first-order chi connectivity index (χ1) is 12.9. The number of halogens is 1. The second-order valence-corrected chi connectivity index (χ2v) is 7.79. The van der Waals surface area contributed by atoms with Gasteiger partial charge in [-0.25, -0.2) is 4.39 Å².